The first kappa shape index (κ1) is 16.0. The summed E-state index contributed by atoms with van der Waals surface area (Å²) in [6, 6.07) is 6.32. The predicted molar refractivity (Wildman–Crippen MR) is 91.0 cm³/mol. The van der Waals surface area contributed by atoms with Crippen LogP contribution < -0.4 is 5.32 Å². The van der Waals surface area contributed by atoms with Crippen LogP contribution in [0.5, 0.6) is 0 Å². The Morgan fingerprint density at radius 1 is 1.19 bits per heavy atom. The average Bonchev–Trinajstić information content (AvgIpc) is 2.65. The van der Waals surface area contributed by atoms with Crippen LogP contribution in [0.2, 0.25) is 0 Å². The van der Waals surface area contributed by atoms with Crippen LogP contribution in [0.4, 0.5) is 5.13 Å². The maximum Gasteiger partial charge on any atom is 0.226 e. The summed E-state index contributed by atoms with van der Waals surface area (Å²) in [4.78, 5) is 16.5. The summed E-state index contributed by atoms with van der Waals surface area (Å²) in [5, 5.41) is 3.60. The molecule has 1 aromatic carbocycles. The van der Waals surface area contributed by atoms with Crippen LogP contribution >= 0.6 is 11.3 Å². The molecule has 3 nitrogen and oxygen atoms in total. The maximum absolute atomic E-state index is 12.0. The lowest BCUT2D eigenvalue weighted by Gasteiger charge is -2.18. The van der Waals surface area contributed by atoms with Gasteiger partial charge in [0.25, 0.3) is 0 Å². The molecule has 4 heteroatoms. The number of amides is 1. The molecule has 0 atom stereocenters. The standard InChI is InChI=1S/C17H24N2OS/c1-16(2,3)10-14(20)19-15-18-12-8-7-11(17(4,5)6)9-13(12)21-15/h7-9H,10H2,1-6H3,(H,18,19,20). The Hall–Kier alpha value is -1.42. The number of carbonyl (C=O) groups excluding carboxylic acids is 1. The highest BCUT2D eigenvalue weighted by Crippen LogP contribution is 2.31. The lowest BCUT2D eigenvalue weighted by molar-refractivity contribution is -0.117. The lowest BCUT2D eigenvalue weighted by atomic mass is 9.87. The van der Waals surface area contributed by atoms with Gasteiger partial charge in [0, 0.05) is 6.42 Å². The predicted octanol–water partition coefficient (Wildman–Crippen LogP) is 4.97. The SMILES string of the molecule is CC(C)(C)CC(=O)Nc1nc2ccc(C(C)(C)C)cc2s1. The molecule has 0 saturated carbocycles. The molecule has 0 aliphatic carbocycles. The summed E-state index contributed by atoms with van der Waals surface area (Å²) in [7, 11) is 0. The smallest absolute Gasteiger partial charge is 0.226 e. The van der Waals surface area contributed by atoms with E-state index in [4.69, 9.17) is 0 Å². The zero-order valence-electron chi connectivity index (χ0n) is 13.7. The van der Waals surface area contributed by atoms with E-state index in [0.29, 0.717) is 11.6 Å². The number of fused-ring (bicyclic) bond motifs is 1. The van der Waals surface area contributed by atoms with Gasteiger partial charge in [0.2, 0.25) is 5.91 Å². The molecule has 0 fully saturated rings. The van der Waals surface area contributed by atoms with Crippen LogP contribution in [0.25, 0.3) is 10.2 Å². The molecule has 0 bridgehead atoms. The van der Waals surface area contributed by atoms with Crippen molar-refractivity contribution in [1.82, 2.24) is 4.98 Å². The molecule has 1 heterocycles. The van der Waals surface area contributed by atoms with Gasteiger partial charge in [-0.05, 0) is 28.5 Å². The zero-order valence-corrected chi connectivity index (χ0v) is 14.5. The number of hydrogen-bond acceptors (Lipinski definition) is 3. The number of carbonyl (C=O) groups is 1. The van der Waals surface area contributed by atoms with Gasteiger partial charge in [0.05, 0.1) is 10.2 Å². The summed E-state index contributed by atoms with van der Waals surface area (Å²) in [6.07, 6.45) is 0.496. The molecule has 2 rings (SSSR count). The minimum absolute atomic E-state index is 0.0137. The number of nitrogens with one attached hydrogen (secondary N) is 1. The van der Waals surface area contributed by atoms with Crippen LogP contribution in [-0.2, 0) is 10.2 Å². The maximum atomic E-state index is 12.0. The fraction of sp³-hybridized carbons (Fsp3) is 0.529. The molecule has 0 unspecified atom stereocenters. The normalized spacial score (nSPS) is 12.7. The van der Waals surface area contributed by atoms with Crippen molar-refractivity contribution in [3.8, 4) is 0 Å². The average molecular weight is 304 g/mol. The van der Waals surface area contributed by atoms with Gasteiger partial charge in [-0.15, -0.1) is 0 Å². The van der Waals surface area contributed by atoms with Gasteiger partial charge in [-0.2, -0.15) is 0 Å². The van der Waals surface area contributed by atoms with Crippen molar-refractivity contribution in [2.75, 3.05) is 5.32 Å². The molecule has 1 aromatic heterocycles. The largest absolute Gasteiger partial charge is 0.302 e. The van der Waals surface area contributed by atoms with Gasteiger partial charge in [0.1, 0.15) is 0 Å². The zero-order chi connectivity index (χ0) is 15.8. The number of benzene rings is 1. The highest BCUT2D eigenvalue weighted by atomic mass is 32.1. The number of thiazole rings is 1. The van der Waals surface area contributed by atoms with E-state index in [1.165, 1.54) is 16.9 Å². The Labute approximate surface area is 130 Å². The third-order valence-corrected chi connectivity index (χ3v) is 4.13. The van der Waals surface area contributed by atoms with Crippen molar-refractivity contribution in [3.63, 3.8) is 0 Å². The molecular formula is C17H24N2OS. The number of anilines is 1. The molecule has 21 heavy (non-hydrogen) atoms. The fourth-order valence-corrected chi connectivity index (χ4v) is 3.01. The van der Waals surface area contributed by atoms with E-state index in [2.05, 4.69) is 64.0 Å². The minimum Gasteiger partial charge on any atom is -0.302 e. The van der Waals surface area contributed by atoms with Crippen molar-refractivity contribution >= 4 is 32.6 Å². The third-order valence-electron chi connectivity index (χ3n) is 3.19. The van der Waals surface area contributed by atoms with Crippen molar-refractivity contribution in [1.29, 1.82) is 0 Å². The molecule has 0 aliphatic rings. The summed E-state index contributed by atoms with van der Waals surface area (Å²) in [5.74, 6) is 0.0256. The van der Waals surface area contributed by atoms with Crippen LogP contribution in [0.3, 0.4) is 0 Å². The molecule has 0 spiro atoms. The van der Waals surface area contributed by atoms with Crippen LogP contribution in [0, 0.1) is 5.41 Å². The topological polar surface area (TPSA) is 42.0 Å². The van der Waals surface area contributed by atoms with Gasteiger partial charge < -0.3 is 5.32 Å². The van der Waals surface area contributed by atoms with E-state index in [1.807, 2.05) is 6.07 Å². The summed E-state index contributed by atoms with van der Waals surface area (Å²) in [5.41, 5.74) is 2.33. The highest BCUT2D eigenvalue weighted by Gasteiger charge is 2.18. The Kier molecular flexibility index (Phi) is 4.11. The Morgan fingerprint density at radius 2 is 1.86 bits per heavy atom. The summed E-state index contributed by atoms with van der Waals surface area (Å²) in [6.45, 7) is 12.8. The second-order valence-corrected chi connectivity index (χ2v) is 8.77. The first-order chi connectivity index (χ1) is 9.54. The van der Waals surface area contributed by atoms with Crippen LogP contribution in [-0.4, -0.2) is 10.9 Å². The molecule has 2 aromatic rings. The number of rotatable bonds is 2. The van der Waals surface area contributed by atoms with Gasteiger partial charge in [-0.1, -0.05) is 58.9 Å². The van der Waals surface area contributed by atoms with Crippen LogP contribution in [0.1, 0.15) is 53.5 Å². The highest BCUT2D eigenvalue weighted by molar-refractivity contribution is 7.22. The Morgan fingerprint density at radius 3 is 2.43 bits per heavy atom. The van der Waals surface area contributed by atoms with Gasteiger partial charge in [0.15, 0.2) is 5.13 Å². The van der Waals surface area contributed by atoms with Crippen LogP contribution in [0.15, 0.2) is 18.2 Å². The quantitative estimate of drug-likeness (QED) is 0.851. The first-order valence-corrected chi connectivity index (χ1v) is 8.07. The van der Waals surface area contributed by atoms with Crippen molar-refractivity contribution < 1.29 is 4.79 Å². The molecular weight excluding hydrogens is 280 g/mol. The van der Waals surface area contributed by atoms with E-state index in [0.717, 1.165) is 10.2 Å². The van der Waals surface area contributed by atoms with E-state index in [9.17, 15) is 4.79 Å². The monoisotopic (exact) mass is 304 g/mol. The fourth-order valence-electron chi connectivity index (χ4n) is 2.09. The molecule has 114 valence electrons. The van der Waals surface area contributed by atoms with E-state index < -0.39 is 0 Å². The summed E-state index contributed by atoms with van der Waals surface area (Å²) >= 11 is 1.54. The number of hydrogen-bond donors (Lipinski definition) is 1. The minimum atomic E-state index is -0.0137. The molecule has 1 N–H and O–H groups in total. The first-order valence-electron chi connectivity index (χ1n) is 7.25. The van der Waals surface area contributed by atoms with Gasteiger partial charge in [-0.3, -0.25) is 4.79 Å². The van der Waals surface area contributed by atoms with Crippen molar-refractivity contribution in [3.05, 3.63) is 23.8 Å². The number of nitrogens with zero attached hydrogens (tertiary/aromatic N) is 1. The molecule has 1 amide bonds. The van der Waals surface area contributed by atoms with E-state index in [-0.39, 0.29) is 16.7 Å². The van der Waals surface area contributed by atoms with E-state index in [1.54, 1.807) is 0 Å². The Bertz CT molecular complexity index is 659. The van der Waals surface area contributed by atoms with Gasteiger partial charge >= 0.3 is 0 Å². The second kappa shape index (κ2) is 5.41. The lowest BCUT2D eigenvalue weighted by Crippen LogP contribution is -2.19. The molecule has 0 saturated heterocycles. The second-order valence-electron chi connectivity index (χ2n) is 7.74. The third kappa shape index (κ3) is 4.27. The van der Waals surface area contributed by atoms with Gasteiger partial charge in [-0.25, -0.2) is 4.98 Å². The number of aromatic nitrogens is 1. The molecule has 0 aliphatic heterocycles. The van der Waals surface area contributed by atoms with Crippen molar-refractivity contribution in [2.45, 2.75) is 53.4 Å². The summed E-state index contributed by atoms with van der Waals surface area (Å²) < 4.78 is 1.12. The van der Waals surface area contributed by atoms with Crippen molar-refractivity contribution in [2.24, 2.45) is 5.41 Å². The Balaban J connectivity index is 2.21. The molecule has 0 radical (unpaired) electrons. The van der Waals surface area contributed by atoms with E-state index >= 15 is 0 Å².